The molecule has 0 heterocycles. The summed E-state index contributed by atoms with van der Waals surface area (Å²) in [4.78, 5) is 10.7. The number of carboxylic acid groups (broad SMARTS) is 1. The van der Waals surface area contributed by atoms with E-state index >= 15 is 0 Å². The molecule has 0 aromatic heterocycles. The number of carboxylic acids is 1. The maximum absolute atomic E-state index is 10.7. The molecule has 1 atom stereocenters. The first-order valence-corrected chi connectivity index (χ1v) is 5.83. The second-order valence-electron chi connectivity index (χ2n) is 3.59. The molecular weight excluding hydrogens is 236 g/mol. The molecule has 1 aromatic carbocycles. The summed E-state index contributed by atoms with van der Waals surface area (Å²) in [5.74, 6) is -1.14. The van der Waals surface area contributed by atoms with E-state index in [0.29, 0.717) is 18.1 Å². The summed E-state index contributed by atoms with van der Waals surface area (Å²) in [6, 6.07) is 8.99. The SMILES string of the molecule is CCC(NC(=S)NCc1ccccc1)C(=O)[O-]. The Morgan fingerprint density at radius 1 is 1.41 bits per heavy atom. The molecule has 1 unspecified atom stereocenters. The molecule has 2 N–H and O–H groups in total. The molecule has 0 amide bonds. The zero-order valence-corrected chi connectivity index (χ0v) is 10.4. The summed E-state index contributed by atoms with van der Waals surface area (Å²) in [5, 5.41) is 16.6. The minimum atomic E-state index is -1.14. The zero-order valence-electron chi connectivity index (χ0n) is 9.60. The lowest BCUT2D eigenvalue weighted by Gasteiger charge is -2.20. The molecule has 1 aromatic rings. The number of hydrogen-bond acceptors (Lipinski definition) is 3. The Morgan fingerprint density at radius 3 is 2.59 bits per heavy atom. The van der Waals surface area contributed by atoms with E-state index in [2.05, 4.69) is 10.6 Å². The lowest BCUT2D eigenvalue weighted by atomic mass is 10.2. The van der Waals surface area contributed by atoms with Crippen molar-refractivity contribution in [2.45, 2.75) is 25.9 Å². The minimum absolute atomic E-state index is 0.324. The number of carbonyl (C=O) groups is 1. The van der Waals surface area contributed by atoms with Crippen LogP contribution in [0.25, 0.3) is 0 Å². The van der Waals surface area contributed by atoms with Crippen LogP contribution in [0.1, 0.15) is 18.9 Å². The van der Waals surface area contributed by atoms with Crippen molar-refractivity contribution in [3.8, 4) is 0 Å². The van der Waals surface area contributed by atoms with Crippen molar-refractivity contribution in [3.05, 3.63) is 35.9 Å². The number of thiocarbonyl (C=S) groups is 1. The van der Waals surface area contributed by atoms with E-state index in [0.717, 1.165) is 5.56 Å². The smallest absolute Gasteiger partial charge is 0.167 e. The highest BCUT2D eigenvalue weighted by atomic mass is 32.1. The monoisotopic (exact) mass is 251 g/mol. The Hall–Kier alpha value is -1.62. The van der Waals surface area contributed by atoms with Gasteiger partial charge >= 0.3 is 0 Å². The van der Waals surface area contributed by atoms with Crippen molar-refractivity contribution in [1.82, 2.24) is 10.6 Å². The molecule has 4 nitrogen and oxygen atoms in total. The van der Waals surface area contributed by atoms with Gasteiger partial charge in [0, 0.05) is 6.54 Å². The second kappa shape index (κ2) is 6.85. The van der Waals surface area contributed by atoms with Gasteiger partial charge in [-0.25, -0.2) is 0 Å². The molecule has 92 valence electrons. The fourth-order valence-corrected chi connectivity index (χ4v) is 1.53. The molecule has 1 rings (SSSR count). The minimum Gasteiger partial charge on any atom is -0.548 e. The lowest BCUT2D eigenvalue weighted by molar-refractivity contribution is -0.308. The normalized spacial score (nSPS) is 11.6. The molecule has 0 bridgehead atoms. The quantitative estimate of drug-likeness (QED) is 0.731. The summed E-state index contributed by atoms with van der Waals surface area (Å²) in [5.41, 5.74) is 1.08. The predicted octanol–water partition coefficient (Wildman–Crippen LogP) is 0.179. The van der Waals surface area contributed by atoms with Gasteiger partial charge in [-0.1, -0.05) is 37.3 Å². The Balaban J connectivity index is 2.37. The van der Waals surface area contributed by atoms with Crippen LogP contribution in [0, 0.1) is 0 Å². The van der Waals surface area contributed by atoms with Crippen molar-refractivity contribution in [2.24, 2.45) is 0 Å². The van der Waals surface area contributed by atoms with Crippen molar-refractivity contribution < 1.29 is 9.90 Å². The Kier molecular flexibility index (Phi) is 5.42. The highest BCUT2D eigenvalue weighted by Gasteiger charge is 2.07. The molecule has 17 heavy (non-hydrogen) atoms. The first-order chi connectivity index (χ1) is 8.13. The van der Waals surface area contributed by atoms with E-state index < -0.39 is 12.0 Å². The van der Waals surface area contributed by atoms with Crippen LogP contribution in [0.2, 0.25) is 0 Å². The molecule has 0 fully saturated rings. The van der Waals surface area contributed by atoms with Crippen LogP contribution >= 0.6 is 12.2 Å². The first kappa shape index (κ1) is 13.4. The molecule has 0 spiro atoms. The van der Waals surface area contributed by atoms with Gasteiger partial charge in [-0.2, -0.15) is 0 Å². The van der Waals surface area contributed by atoms with Crippen molar-refractivity contribution >= 4 is 23.3 Å². The van der Waals surface area contributed by atoms with Gasteiger partial charge in [0.15, 0.2) is 5.11 Å². The number of rotatable bonds is 5. The van der Waals surface area contributed by atoms with Gasteiger partial charge in [0.05, 0.1) is 12.0 Å². The maximum atomic E-state index is 10.7. The summed E-state index contributed by atoms with van der Waals surface area (Å²) >= 11 is 5.00. The van der Waals surface area contributed by atoms with E-state index in [-0.39, 0.29) is 0 Å². The largest absolute Gasteiger partial charge is 0.548 e. The molecule has 0 radical (unpaired) electrons. The van der Waals surface area contributed by atoms with Crippen LogP contribution in [0.3, 0.4) is 0 Å². The molecule has 0 saturated carbocycles. The van der Waals surface area contributed by atoms with Crippen molar-refractivity contribution in [2.75, 3.05) is 0 Å². The van der Waals surface area contributed by atoms with Crippen LogP contribution in [0.4, 0.5) is 0 Å². The molecule has 0 aliphatic heterocycles. The number of benzene rings is 1. The van der Waals surface area contributed by atoms with Gasteiger partial charge in [-0.3, -0.25) is 0 Å². The van der Waals surface area contributed by atoms with Crippen LogP contribution < -0.4 is 15.7 Å². The van der Waals surface area contributed by atoms with E-state index in [1.54, 1.807) is 6.92 Å². The fraction of sp³-hybridized carbons (Fsp3) is 0.333. The first-order valence-electron chi connectivity index (χ1n) is 5.42. The summed E-state index contributed by atoms with van der Waals surface area (Å²) in [7, 11) is 0. The third kappa shape index (κ3) is 4.82. The highest BCUT2D eigenvalue weighted by molar-refractivity contribution is 7.80. The summed E-state index contributed by atoms with van der Waals surface area (Å²) in [6.45, 7) is 2.32. The number of hydrogen-bond donors (Lipinski definition) is 2. The average Bonchev–Trinajstić information content (AvgIpc) is 2.34. The Bertz CT molecular complexity index is 381. The highest BCUT2D eigenvalue weighted by Crippen LogP contribution is 1.97. The van der Waals surface area contributed by atoms with E-state index in [1.165, 1.54) is 0 Å². The van der Waals surface area contributed by atoms with E-state index in [4.69, 9.17) is 12.2 Å². The fourth-order valence-electron chi connectivity index (χ4n) is 1.32. The molecular formula is C12H15N2O2S-. The number of nitrogens with one attached hydrogen (secondary N) is 2. The number of carbonyl (C=O) groups excluding carboxylic acids is 1. The third-order valence-corrected chi connectivity index (χ3v) is 2.56. The van der Waals surface area contributed by atoms with Gasteiger partial charge in [0.1, 0.15) is 0 Å². The molecule has 0 aliphatic carbocycles. The van der Waals surface area contributed by atoms with Crippen molar-refractivity contribution in [1.29, 1.82) is 0 Å². The van der Waals surface area contributed by atoms with Crippen LogP contribution in [0.15, 0.2) is 30.3 Å². The van der Waals surface area contributed by atoms with Gasteiger partial charge in [0.25, 0.3) is 0 Å². The average molecular weight is 251 g/mol. The van der Waals surface area contributed by atoms with Crippen LogP contribution in [-0.2, 0) is 11.3 Å². The number of aliphatic carboxylic acids is 1. The third-order valence-electron chi connectivity index (χ3n) is 2.29. The summed E-state index contributed by atoms with van der Waals surface area (Å²) in [6.07, 6.45) is 0.426. The second-order valence-corrected chi connectivity index (χ2v) is 4.00. The van der Waals surface area contributed by atoms with Crippen LogP contribution in [-0.4, -0.2) is 17.1 Å². The Morgan fingerprint density at radius 2 is 2.06 bits per heavy atom. The van der Waals surface area contributed by atoms with Gasteiger partial charge < -0.3 is 20.5 Å². The van der Waals surface area contributed by atoms with Gasteiger partial charge in [-0.15, -0.1) is 0 Å². The van der Waals surface area contributed by atoms with Gasteiger partial charge in [-0.05, 0) is 24.2 Å². The molecule has 0 saturated heterocycles. The van der Waals surface area contributed by atoms with Crippen LogP contribution in [0.5, 0.6) is 0 Å². The van der Waals surface area contributed by atoms with E-state index in [1.807, 2.05) is 30.3 Å². The molecule has 5 heteroatoms. The molecule has 0 aliphatic rings. The predicted molar refractivity (Wildman–Crippen MR) is 68.1 cm³/mol. The maximum Gasteiger partial charge on any atom is 0.167 e. The van der Waals surface area contributed by atoms with Gasteiger partial charge in [0.2, 0.25) is 0 Å². The topological polar surface area (TPSA) is 64.2 Å². The lowest BCUT2D eigenvalue weighted by Crippen LogP contribution is -2.50. The summed E-state index contributed by atoms with van der Waals surface area (Å²) < 4.78 is 0. The van der Waals surface area contributed by atoms with E-state index in [9.17, 15) is 9.90 Å². The standard InChI is InChI=1S/C12H16N2O2S/c1-2-10(11(15)16)14-12(17)13-8-9-6-4-3-5-7-9/h3-7,10H,2,8H2,1H3,(H,15,16)(H2,13,14,17)/p-1. The zero-order chi connectivity index (χ0) is 12.7. The Labute approximate surface area is 106 Å². The van der Waals surface area contributed by atoms with Crippen molar-refractivity contribution in [3.63, 3.8) is 0 Å².